The quantitative estimate of drug-likeness (QED) is 0.443. The van der Waals surface area contributed by atoms with Crippen LogP contribution < -0.4 is 0 Å². The van der Waals surface area contributed by atoms with Crippen LogP contribution in [0.25, 0.3) is 0 Å². The minimum atomic E-state index is -7.44. The molecule has 0 radical (unpaired) electrons. The molecule has 0 aromatic heterocycles. The topological polar surface area (TPSA) is 9.23 Å². The first-order valence-electron chi connectivity index (χ1n) is 5.29. The number of hydrogen-bond acceptors (Lipinski definition) is 3. The largest absolute Gasteiger partial charge is 0.476 e. The maximum atomic E-state index is 13.2. The second-order valence-electron chi connectivity index (χ2n) is 4.26. The van der Waals surface area contributed by atoms with Crippen LogP contribution in [0.4, 0.5) is 48.3 Å². The van der Waals surface area contributed by atoms with Gasteiger partial charge in [-0.3, -0.25) is 0 Å². The predicted octanol–water partition coefficient (Wildman–Crippen LogP) is 5.49. The number of ether oxygens (including phenoxy) is 1. The summed E-state index contributed by atoms with van der Waals surface area (Å²) < 4.78 is 142. The van der Waals surface area contributed by atoms with Gasteiger partial charge in [0, 0.05) is 11.8 Å². The van der Waals surface area contributed by atoms with E-state index in [-0.39, 0.29) is 0 Å². The van der Waals surface area contributed by atoms with Crippen molar-refractivity contribution in [2.45, 2.75) is 49.1 Å². The Morgan fingerprint density at radius 1 is 0.783 bits per heavy atom. The van der Waals surface area contributed by atoms with Gasteiger partial charge in [0.15, 0.2) is 0 Å². The van der Waals surface area contributed by atoms with Gasteiger partial charge < -0.3 is 4.74 Å². The van der Waals surface area contributed by atoms with E-state index < -0.39 is 51.4 Å². The van der Waals surface area contributed by atoms with Crippen molar-refractivity contribution >= 4 is 28.4 Å². The molecule has 1 nitrogen and oxygen atoms in total. The summed E-state index contributed by atoms with van der Waals surface area (Å²) in [6.07, 6.45) is -8.15. The van der Waals surface area contributed by atoms with E-state index in [9.17, 15) is 48.3 Å². The van der Waals surface area contributed by atoms with Crippen LogP contribution in [-0.4, -0.2) is 39.7 Å². The summed E-state index contributed by atoms with van der Waals surface area (Å²) in [5.74, 6) is -21.9. The number of thioether (sulfide) groups is 1. The van der Waals surface area contributed by atoms with E-state index in [1.165, 1.54) is 13.8 Å². The maximum Gasteiger partial charge on any atom is 0.460 e. The molecule has 0 aromatic rings. The summed E-state index contributed by atoms with van der Waals surface area (Å²) in [7, 11) is 0. The Morgan fingerprint density at radius 3 is 1.48 bits per heavy atom. The van der Waals surface area contributed by atoms with Crippen molar-refractivity contribution in [3.8, 4) is 0 Å². The van der Waals surface area contributed by atoms with E-state index in [0.717, 1.165) is 0 Å². The predicted molar refractivity (Wildman–Crippen MR) is 62.3 cm³/mol. The minimum absolute atomic E-state index is 0.962. The molecule has 14 heteroatoms. The summed E-state index contributed by atoms with van der Waals surface area (Å²) >= 11 is 2.45. The molecule has 0 amide bonds. The van der Waals surface area contributed by atoms with Crippen molar-refractivity contribution in [1.82, 2.24) is 0 Å². The van der Waals surface area contributed by atoms with Crippen LogP contribution in [0.5, 0.6) is 0 Å². The van der Waals surface area contributed by atoms with Crippen LogP contribution in [0, 0.1) is 0 Å². The Kier molecular flexibility index (Phi) is 6.26. The van der Waals surface area contributed by atoms with Crippen molar-refractivity contribution in [3.05, 3.63) is 0 Å². The minimum Gasteiger partial charge on any atom is -0.476 e. The second kappa shape index (κ2) is 6.41. The molecule has 0 saturated carbocycles. The van der Waals surface area contributed by atoms with Gasteiger partial charge in [0.1, 0.15) is 0 Å². The van der Waals surface area contributed by atoms with Gasteiger partial charge in [0.05, 0.1) is 6.10 Å². The first kappa shape index (κ1) is 22.5. The molecule has 0 unspecified atom stereocenters. The fourth-order valence-electron chi connectivity index (χ4n) is 0.943. The molecule has 0 fully saturated rings. The number of thiocarbonyl (C=S) groups is 1. The molecule has 0 aliphatic rings. The summed E-state index contributed by atoms with van der Waals surface area (Å²) in [6, 6.07) is 0. The number of hydrogen-bond donors (Lipinski definition) is 0. The maximum absolute atomic E-state index is 13.2. The SMILES string of the molecule is CC(C)OC(=S)SC(F)(F)C(F)(F)C(F)(F)C(F)(F)C(F)(F)F. The Balaban J connectivity index is 5.71. The van der Waals surface area contributed by atoms with Gasteiger partial charge in [-0.25, -0.2) is 0 Å². The van der Waals surface area contributed by atoms with E-state index in [4.69, 9.17) is 0 Å². The fraction of sp³-hybridized carbons (Fsp3) is 0.889. The molecule has 0 rings (SSSR count). The third-order valence-corrected chi connectivity index (χ3v) is 3.18. The molecular weight excluding hydrogens is 397 g/mol. The average molecular weight is 404 g/mol. The van der Waals surface area contributed by atoms with Crippen LogP contribution in [0.1, 0.15) is 13.8 Å². The standard InChI is InChI=1S/C9H7F11OS2/c1-3(2)21-4(22)23-9(19,20)7(14,15)5(10,11)6(12,13)8(16,17)18/h3H,1-2H3. The zero-order valence-corrected chi connectivity index (χ0v) is 12.6. The summed E-state index contributed by atoms with van der Waals surface area (Å²) in [5.41, 5.74) is 0. The highest BCUT2D eigenvalue weighted by Crippen LogP contribution is 2.59. The lowest BCUT2D eigenvalue weighted by molar-refractivity contribution is -0.412. The van der Waals surface area contributed by atoms with Crippen molar-refractivity contribution in [2.75, 3.05) is 0 Å². The molecule has 0 saturated heterocycles. The lowest BCUT2D eigenvalue weighted by atomic mass is 10.0. The van der Waals surface area contributed by atoms with Gasteiger partial charge in [-0.2, -0.15) is 48.3 Å². The average Bonchev–Trinajstić information content (AvgIpc) is 2.24. The molecule has 0 spiro atoms. The first-order chi connectivity index (χ1) is 9.81. The smallest absolute Gasteiger partial charge is 0.460 e. The lowest BCUT2D eigenvalue weighted by Gasteiger charge is -2.36. The molecule has 138 valence electrons. The normalized spacial score (nSPS) is 15.0. The third kappa shape index (κ3) is 4.12. The fourth-order valence-corrected chi connectivity index (χ4v) is 2.16. The van der Waals surface area contributed by atoms with E-state index in [0.29, 0.717) is 0 Å². The molecular formula is C9H7F11OS2. The van der Waals surface area contributed by atoms with E-state index in [2.05, 4.69) is 17.0 Å². The van der Waals surface area contributed by atoms with Gasteiger partial charge in [-0.1, -0.05) is 0 Å². The zero-order chi connectivity index (χ0) is 19.1. The Morgan fingerprint density at radius 2 is 1.17 bits per heavy atom. The first-order valence-corrected chi connectivity index (χ1v) is 6.51. The van der Waals surface area contributed by atoms with Crippen LogP contribution in [0.15, 0.2) is 0 Å². The molecule has 0 N–H and O–H groups in total. The highest BCUT2D eigenvalue weighted by Gasteiger charge is 2.87. The van der Waals surface area contributed by atoms with Crippen molar-refractivity contribution in [2.24, 2.45) is 0 Å². The van der Waals surface area contributed by atoms with Gasteiger partial charge in [0.25, 0.3) is 0 Å². The van der Waals surface area contributed by atoms with E-state index >= 15 is 0 Å². The summed E-state index contributed by atoms with van der Waals surface area (Å²) in [5, 5.41) is -6.10. The number of rotatable bonds is 5. The zero-order valence-electron chi connectivity index (χ0n) is 11.0. The van der Waals surface area contributed by atoms with Crippen molar-refractivity contribution in [1.29, 1.82) is 0 Å². The lowest BCUT2D eigenvalue weighted by Crippen LogP contribution is -2.65. The highest BCUT2D eigenvalue weighted by molar-refractivity contribution is 8.23. The van der Waals surface area contributed by atoms with E-state index in [1.54, 1.807) is 0 Å². The van der Waals surface area contributed by atoms with Gasteiger partial charge in [0.2, 0.25) is 4.38 Å². The molecule has 0 atom stereocenters. The molecule has 23 heavy (non-hydrogen) atoms. The highest BCUT2D eigenvalue weighted by atomic mass is 32.2. The van der Waals surface area contributed by atoms with Gasteiger partial charge >= 0.3 is 29.2 Å². The molecule has 0 heterocycles. The second-order valence-corrected chi connectivity index (χ2v) is 5.97. The Labute approximate surface area is 131 Å². The molecule has 0 aliphatic carbocycles. The summed E-state index contributed by atoms with van der Waals surface area (Å²) in [6.45, 7) is 2.35. The Hall–Kier alpha value is -0.530. The van der Waals surface area contributed by atoms with Gasteiger partial charge in [-0.15, -0.1) is 0 Å². The van der Waals surface area contributed by atoms with Crippen LogP contribution in [-0.2, 0) is 4.74 Å². The molecule has 0 aliphatic heterocycles. The van der Waals surface area contributed by atoms with E-state index in [1.807, 2.05) is 0 Å². The molecule has 0 bridgehead atoms. The number of halogens is 11. The number of alkyl halides is 11. The molecule has 0 aromatic carbocycles. The summed E-state index contributed by atoms with van der Waals surface area (Å²) in [4.78, 5) is 0. The third-order valence-electron chi connectivity index (χ3n) is 2.05. The van der Waals surface area contributed by atoms with Crippen LogP contribution in [0.3, 0.4) is 0 Å². The van der Waals surface area contributed by atoms with Crippen LogP contribution in [0.2, 0.25) is 0 Å². The monoisotopic (exact) mass is 404 g/mol. The van der Waals surface area contributed by atoms with Gasteiger partial charge in [-0.05, 0) is 26.1 Å². The van der Waals surface area contributed by atoms with Crippen LogP contribution >= 0.6 is 24.0 Å². The van der Waals surface area contributed by atoms with Crippen molar-refractivity contribution < 1.29 is 53.0 Å². The Bertz CT molecular complexity index is 443. The van der Waals surface area contributed by atoms with Crippen molar-refractivity contribution in [3.63, 3.8) is 0 Å².